The number of hydrogen-bond donors (Lipinski definition) is 0. The summed E-state index contributed by atoms with van der Waals surface area (Å²) in [5.74, 6) is 0.773. The summed E-state index contributed by atoms with van der Waals surface area (Å²) >= 11 is 0. The first-order valence-corrected chi connectivity index (χ1v) is 11.1. The molecule has 5 nitrogen and oxygen atoms in total. The Hall–Kier alpha value is -1.16. The monoisotopic (exact) mass is 337 g/mol. The molecule has 0 aliphatic carbocycles. The van der Waals surface area contributed by atoms with Crippen LogP contribution in [-0.4, -0.2) is 30.1 Å². The Bertz CT molecular complexity index is 565. The van der Waals surface area contributed by atoms with Gasteiger partial charge in [-0.1, -0.05) is 20.8 Å². The van der Waals surface area contributed by atoms with Crippen LogP contribution in [0.1, 0.15) is 53.1 Å². The van der Waals surface area contributed by atoms with Gasteiger partial charge in [0.2, 0.25) is 0 Å². The summed E-state index contributed by atoms with van der Waals surface area (Å²) < 4.78 is 14.0. The normalized spacial score (nSPS) is 13.2. The Labute approximate surface area is 141 Å². The highest BCUT2D eigenvalue weighted by Crippen LogP contribution is 2.39. The molecule has 0 bridgehead atoms. The first-order chi connectivity index (χ1) is 10.4. The first-order valence-electron chi connectivity index (χ1n) is 8.16. The summed E-state index contributed by atoms with van der Waals surface area (Å²) in [5.41, 5.74) is 0.0834. The van der Waals surface area contributed by atoms with Gasteiger partial charge in [-0.05, 0) is 38.9 Å². The zero-order chi connectivity index (χ0) is 17.9. The molecule has 23 heavy (non-hydrogen) atoms. The van der Waals surface area contributed by atoms with Crippen molar-refractivity contribution in [2.24, 2.45) is 0 Å². The Kier molecular flexibility index (Phi) is 6.19. The van der Waals surface area contributed by atoms with Crippen molar-refractivity contribution in [3.05, 3.63) is 17.7 Å². The fraction of sp³-hybridized carbons (Fsp3) is 0.765. The van der Waals surface area contributed by atoms with E-state index < -0.39 is 8.32 Å². The maximum Gasteiger partial charge on any atom is 0.192 e. The number of aromatic nitrogens is 2. The maximum absolute atomic E-state index is 9.10. The standard InChI is InChI=1S/C17H31N3O2Si/c1-9-21-12-15-19-14(10-18)11-20(15)13-17(5,6)22-23(7,8)16(2,3)4/h11H,9,12-13H2,1-8H3. The number of rotatable bonds is 7. The Morgan fingerprint density at radius 2 is 1.87 bits per heavy atom. The summed E-state index contributed by atoms with van der Waals surface area (Å²) in [7, 11) is -1.87. The number of nitriles is 1. The van der Waals surface area contributed by atoms with Gasteiger partial charge in [0, 0.05) is 12.8 Å². The molecule has 0 N–H and O–H groups in total. The van der Waals surface area contributed by atoms with Crippen molar-refractivity contribution in [2.45, 2.75) is 78.4 Å². The number of imidazole rings is 1. The van der Waals surface area contributed by atoms with Crippen LogP contribution in [0.3, 0.4) is 0 Å². The van der Waals surface area contributed by atoms with E-state index in [-0.39, 0.29) is 10.6 Å². The second kappa shape index (κ2) is 7.16. The lowest BCUT2D eigenvalue weighted by atomic mass is 10.1. The van der Waals surface area contributed by atoms with Crippen LogP contribution < -0.4 is 0 Å². The summed E-state index contributed by atoms with van der Waals surface area (Å²) in [6.45, 7) is 19.1. The average Bonchev–Trinajstić information content (AvgIpc) is 2.75. The van der Waals surface area contributed by atoms with Crippen LogP contribution >= 0.6 is 0 Å². The SMILES string of the molecule is CCOCc1nc(C#N)cn1CC(C)(C)O[Si](C)(C)C(C)(C)C. The largest absolute Gasteiger partial charge is 0.410 e. The van der Waals surface area contributed by atoms with Crippen LogP contribution in [0.5, 0.6) is 0 Å². The molecule has 130 valence electrons. The van der Waals surface area contributed by atoms with E-state index in [1.54, 1.807) is 6.20 Å². The van der Waals surface area contributed by atoms with Crippen molar-refractivity contribution in [2.75, 3.05) is 6.61 Å². The summed E-state index contributed by atoms with van der Waals surface area (Å²) in [6.07, 6.45) is 1.78. The van der Waals surface area contributed by atoms with E-state index in [4.69, 9.17) is 14.4 Å². The van der Waals surface area contributed by atoms with Gasteiger partial charge in [-0.25, -0.2) is 4.98 Å². The summed E-state index contributed by atoms with van der Waals surface area (Å²) in [4.78, 5) is 4.33. The number of hydrogen-bond acceptors (Lipinski definition) is 4. The second-order valence-corrected chi connectivity index (χ2v) is 12.8. The minimum atomic E-state index is -1.87. The molecule has 0 aliphatic rings. The number of nitrogens with zero attached hydrogens (tertiary/aromatic N) is 3. The fourth-order valence-corrected chi connectivity index (χ4v) is 3.99. The Morgan fingerprint density at radius 3 is 2.35 bits per heavy atom. The fourth-order valence-electron chi connectivity index (χ4n) is 2.24. The predicted molar refractivity (Wildman–Crippen MR) is 94.6 cm³/mol. The molecule has 1 heterocycles. The van der Waals surface area contributed by atoms with E-state index in [9.17, 15) is 0 Å². The lowest BCUT2D eigenvalue weighted by Gasteiger charge is -2.43. The van der Waals surface area contributed by atoms with E-state index in [1.807, 2.05) is 11.5 Å². The van der Waals surface area contributed by atoms with Crippen LogP contribution in [0, 0.1) is 11.3 Å². The molecule has 0 saturated carbocycles. The third-order valence-corrected chi connectivity index (χ3v) is 8.97. The highest BCUT2D eigenvalue weighted by atomic mass is 28.4. The summed E-state index contributed by atoms with van der Waals surface area (Å²) in [6, 6.07) is 2.10. The molecular formula is C17H31N3O2Si. The van der Waals surface area contributed by atoms with Crippen LogP contribution in [0.15, 0.2) is 6.20 Å². The van der Waals surface area contributed by atoms with Gasteiger partial charge in [-0.3, -0.25) is 0 Å². The van der Waals surface area contributed by atoms with Gasteiger partial charge in [0.05, 0.1) is 12.1 Å². The van der Waals surface area contributed by atoms with Gasteiger partial charge >= 0.3 is 0 Å². The smallest absolute Gasteiger partial charge is 0.192 e. The van der Waals surface area contributed by atoms with Gasteiger partial charge in [-0.15, -0.1) is 0 Å². The van der Waals surface area contributed by atoms with Crippen molar-refractivity contribution < 1.29 is 9.16 Å². The molecule has 0 aliphatic heterocycles. The number of ether oxygens (including phenoxy) is 1. The van der Waals surface area contributed by atoms with Crippen LogP contribution in [0.25, 0.3) is 0 Å². The van der Waals surface area contributed by atoms with Crippen LogP contribution in [0.2, 0.25) is 18.1 Å². The Balaban J connectivity index is 2.96. The zero-order valence-corrected chi connectivity index (χ0v) is 16.9. The van der Waals surface area contributed by atoms with E-state index >= 15 is 0 Å². The molecule has 0 atom stereocenters. The zero-order valence-electron chi connectivity index (χ0n) is 15.9. The maximum atomic E-state index is 9.10. The summed E-state index contributed by atoms with van der Waals surface area (Å²) in [5, 5.41) is 9.26. The minimum Gasteiger partial charge on any atom is -0.410 e. The van der Waals surface area contributed by atoms with E-state index in [2.05, 4.69) is 58.8 Å². The highest BCUT2D eigenvalue weighted by molar-refractivity contribution is 6.74. The third kappa shape index (κ3) is 5.45. The first kappa shape index (κ1) is 19.9. The molecule has 0 unspecified atom stereocenters. The highest BCUT2D eigenvalue weighted by Gasteiger charge is 2.41. The molecule has 0 spiro atoms. The second-order valence-electron chi connectivity index (χ2n) is 8.04. The average molecular weight is 338 g/mol. The van der Waals surface area contributed by atoms with Crippen molar-refractivity contribution in [1.29, 1.82) is 5.26 Å². The topological polar surface area (TPSA) is 60.1 Å². The van der Waals surface area contributed by atoms with Gasteiger partial charge in [0.1, 0.15) is 18.5 Å². The molecule has 1 aromatic rings. The van der Waals surface area contributed by atoms with Crippen molar-refractivity contribution in [3.63, 3.8) is 0 Å². The molecule has 1 aromatic heterocycles. The molecule has 0 amide bonds. The molecular weight excluding hydrogens is 306 g/mol. The van der Waals surface area contributed by atoms with E-state index in [0.717, 1.165) is 5.82 Å². The van der Waals surface area contributed by atoms with Gasteiger partial charge < -0.3 is 13.7 Å². The molecule has 6 heteroatoms. The van der Waals surface area contributed by atoms with Gasteiger partial charge in [-0.2, -0.15) is 5.26 Å². The van der Waals surface area contributed by atoms with Crippen molar-refractivity contribution >= 4 is 8.32 Å². The molecule has 0 saturated heterocycles. The van der Waals surface area contributed by atoms with Crippen LogP contribution in [-0.2, 0) is 22.3 Å². The van der Waals surface area contributed by atoms with Crippen LogP contribution in [0.4, 0.5) is 0 Å². The lowest BCUT2D eigenvalue weighted by molar-refractivity contribution is 0.0676. The van der Waals surface area contributed by atoms with E-state index in [0.29, 0.717) is 25.5 Å². The van der Waals surface area contributed by atoms with Gasteiger partial charge in [0.15, 0.2) is 14.0 Å². The minimum absolute atomic E-state index is 0.158. The quantitative estimate of drug-likeness (QED) is 0.703. The predicted octanol–water partition coefficient (Wildman–Crippen LogP) is 4.09. The molecule has 1 rings (SSSR count). The molecule has 0 fully saturated rings. The van der Waals surface area contributed by atoms with Gasteiger partial charge in [0.25, 0.3) is 0 Å². The Morgan fingerprint density at radius 1 is 1.26 bits per heavy atom. The van der Waals surface area contributed by atoms with Crippen molar-refractivity contribution in [3.8, 4) is 6.07 Å². The molecule has 0 radical (unpaired) electrons. The lowest BCUT2D eigenvalue weighted by Crippen LogP contribution is -2.49. The molecule has 0 aromatic carbocycles. The van der Waals surface area contributed by atoms with E-state index in [1.165, 1.54) is 0 Å². The van der Waals surface area contributed by atoms with Crippen molar-refractivity contribution in [1.82, 2.24) is 9.55 Å². The third-order valence-electron chi connectivity index (χ3n) is 4.30.